The second-order valence-electron chi connectivity index (χ2n) is 5.73. The molecule has 0 radical (unpaired) electrons. The molecule has 2 N–H and O–H groups in total. The molecule has 2 saturated heterocycles. The summed E-state index contributed by atoms with van der Waals surface area (Å²) in [6.07, 6.45) is 3.50. The third-order valence-electron chi connectivity index (χ3n) is 4.17. The SMILES string of the molecule is O=C(Nc1cccc(N2CCCC2=O)c1)C1CCCNC1. The fourth-order valence-electron chi connectivity index (χ4n) is 2.99. The summed E-state index contributed by atoms with van der Waals surface area (Å²) in [6, 6.07) is 7.56. The number of hydrogen-bond acceptors (Lipinski definition) is 3. The first-order valence-corrected chi connectivity index (χ1v) is 7.66. The monoisotopic (exact) mass is 287 g/mol. The maximum Gasteiger partial charge on any atom is 0.228 e. The predicted molar refractivity (Wildman–Crippen MR) is 82.3 cm³/mol. The quantitative estimate of drug-likeness (QED) is 0.890. The van der Waals surface area contributed by atoms with Gasteiger partial charge in [0.2, 0.25) is 11.8 Å². The zero-order chi connectivity index (χ0) is 14.7. The minimum absolute atomic E-state index is 0.0378. The summed E-state index contributed by atoms with van der Waals surface area (Å²) in [5.41, 5.74) is 1.64. The molecule has 2 aliphatic rings. The zero-order valence-corrected chi connectivity index (χ0v) is 12.1. The number of piperidine rings is 1. The molecular formula is C16H21N3O2. The average Bonchev–Trinajstić information content (AvgIpc) is 2.94. The van der Waals surface area contributed by atoms with Crippen molar-refractivity contribution in [2.45, 2.75) is 25.7 Å². The molecule has 5 nitrogen and oxygen atoms in total. The van der Waals surface area contributed by atoms with E-state index >= 15 is 0 Å². The number of amides is 2. The first-order valence-electron chi connectivity index (χ1n) is 7.66. The fourth-order valence-corrected chi connectivity index (χ4v) is 2.99. The molecule has 2 heterocycles. The molecule has 21 heavy (non-hydrogen) atoms. The van der Waals surface area contributed by atoms with E-state index in [4.69, 9.17) is 0 Å². The van der Waals surface area contributed by atoms with Crippen LogP contribution >= 0.6 is 0 Å². The minimum atomic E-state index is 0.0378. The number of carbonyl (C=O) groups is 2. The van der Waals surface area contributed by atoms with Gasteiger partial charge in [0.25, 0.3) is 0 Å². The summed E-state index contributed by atoms with van der Waals surface area (Å²) < 4.78 is 0. The van der Waals surface area contributed by atoms with Gasteiger partial charge in [-0.15, -0.1) is 0 Å². The Balaban J connectivity index is 1.68. The first-order chi connectivity index (χ1) is 10.2. The van der Waals surface area contributed by atoms with Gasteiger partial charge in [0, 0.05) is 30.9 Å². The van der Waals surface area contributed by atoms with Crippen molar-refractivity contribution in [1.29, 1.82) is 0 Å². The molecule has 112 valence electrons. The van der Waals surface area contributed by atoms with Gasteiger partial charge in [0.15, 0.2) is 0 Å². The van der Waals surface area contributed by atoms with Gasteiger partial charge in [-0.05, 0) is 44.0 Å². The van der Waals surface area contributed by atoms with Crippen molar-refractivity contribution < 1.29 is 9.59 Å². The molecule has 0 bridgehead atoms. The Morgan fingerprint density at radius 2 is 2.24 bits per heavy atom. The molecule has 0 aliphatic carbocycles. The van der Waals surface area contributed by atoms with E-state index < -0.39 is 0 Å². The molecule has 0 aromatic heterocycles. The maximum absolute atomic E-state index is 12.2. The van der Waals surface area contributed by atoms with Crippen molar-refractivity contribution in [2.24, 2.45) is 5.92 Å². The van der Waals surface area contributed by atoms with Gasteiger partial charge in [-0.1, -0.05) is 6.07 Å². The van der Waals surface area contributed by atoms with Crippen LogP contribution in [0, 0.1) is 5.92 Å². The summed E-state index contributed by atoms with van der Waals surface area (Å²) in [7, 11) is 0. The normalized spacial score (nSPS) is 22.4. The van der Waals surface area contributed by atoms with Gasteiger partial charge in [-0.3, -0.25) is 9.59 Å². The van der Waals surface area contributed by atoms with Gasteiger partial charge in [0.1, 0.15) is 0 Å². The Hall–Kier alpha value is -1.88. The van der Waals surface area contributed by atoms with Gasteiger partial charge in [-0.25, -0.2) is 0 Å². The van der Waals surface area contributed by atoms with Crippen LogP contribution < -0.4 is 15.5 Å². The lowest BCUT2D eigenvalue weighted by molar-refractivity contribution is -0.120. The van der Waals surface area contributed by atoms with Crippen molar-refractivity contribution in [3.05, 3.63) is 24.3 Å². The summed E-state index contributed by atoms with van der Waals surface area (Å²) in [5.74, 6) is 0.262. The van der Waals surface area contributed by atoms with Gasteiger partial charge in [-0.2, -0.15) is 0 Å². The lowest BCUT2D eigenvalue weighted by atomic mass is 9.99. The molecule has 2 amide bonds. The molecule has 5 heteroatoms. The van der Waals surface area contributed by atoms with Crippen molar-refractivity contribution in [3.63, 3.8) is 0 Å². The molecule has 1 aromatic carbocycles. The van der Waals surface area contributed by atoms with E-state index in [-0.39, 0.29) is 17.7 Å². The van der Waals surface area contributed by atoms with Gasteiger partial charge in [0.05, 0.1) is 5.92 Å². The number of nitrogens with zero attached hydrogens (tertiary/aromatic N) is 1. The van der Waals surface area contributed by atoms with E-state index in [9.17, 15) is 9.59 Å². The zero-order valence-electron chi connectivity index (χ0n) is 12.1. The van der Waals surface area contributed by atoms with Crippen molar-refractivity contribution in [3.8, 4) is 0 Å². The number of nitrogens with one attached hydrogen (secondary N) is 2. The third-order valence-corrected chi connectivity index (χ3v) is 4.17. The van der Waals surface area contributed by atoms with Crippen molar-refractivity contribution in [2.75, 3.05) is 29.9 Å². The highest BCUT2D eigenvalue weighted by molar-refractivity contribution is 5.97. The lowest BCUT2D eigenvalue weighted by Gasteiger charge is -2.22. The molecule has 3 rings (SSSR count). The van der Waals surface area contributed by atoms with Crippen LogP contribution in [0.3, 0.4) is 0 Å². The molecule has 1 unspecified atom stereocenters. The van der Waals surface area contributed by atoms with Gasteiger partial charge >= 0.3 is 0 Å². The van der Waals surface area contributed by atoms with E-state index in [1.807, 2.05) is 24.3 Å². The number of anilines is 2. The largest absolute Gasteiger partial charge is 0.326 e. The Kier molecular flexibility index (Phi) is 4.20. The summed E-state index contributed by atoms with van der Waals surface area (Å²) in [5, 5.41) is 6.22. The smallest absolute Gasteiger partial charge is 0.228 e. The molecule has 1 aromatic rings. The van der Waals surface area contributed by atoms with Crippen LogP contribution in [0.15, 0.2) is 24.3 Å². The lowest BCUT2D eigenvalue weighted by Crippen LogP contribution is -2.37. The third kappa shape index (κ3) is 3.24. The van der Waals surface area contributed by atoms with Gasteiger partial charge < -0.3 is 15.5 Å². The van der Waals surface area contributed by atoms with Crippen LogP contribution in [-0.4, -0.2) is 31.4 Å². The van der Waals surface area contributed by atoms with Crippen molar-refractivity contribution in [1.82, 2.24) is 5.32 Å². The molecule has 2 fully saturated rings. The number of rotatable bonds is 3. The Morgan fingerprint density at radius 3 is 2.95 bits per heavy atom. The second-order valence-corrected chi connectivity index (χ2v) is 5.73. The summed E-state index contributed by atoms with van der Waals surface area (Å²) in [4.78, 5) is 25.8. The Labute approximate surface area is 124 Å². The van der Waals surface area contributed by atoms with Crippen LogP contribution in [0.25, 0.3) is 0 Å². The average molecular weight is 287 g/mol. The molecular weight excluding hydrogens is 266 g/mol. The van der Waals surface area contributed by atoms with Crippen LogP contribution in [0.5, 0.6) is 0 Å². The second kappa shape index (κ2) is 6.26. The Morgan fingerprint density at radius 1 is 1.33 bits per heavy atom. The van der Waals surface area contributed by atoms with Crippen LogP contribution in [0.1, 0.15) is 25.7 Å². The molecule has 1 atom stereocenters. The molecule has 2 aliphatic heterocycles. The Bertz CT molecular complexity index is 538. The highest BCUT2D eigenvalue weighted by atomic mass is 16.2. The van der Waals surface area contributed by atoms with Crippen LogP contribution in [0.4, 0.5) is 11.4 Å². The van der Waals surface area contributed by atoms with E-state index in [2.05, 4.69) is 10.6 Å². The molecule has 0 spiro atoms. The minimum Gasteiger partial charge on any atom is -0.326 e. The predicted octanol–water partition coefficient (Wildman–Crippen LogP) is 1.75. The molecule has 0 saturated carbocycles. The number of hydrogen-bond donors (Lipinski definition) is 2. The highest BCUT2D eigenvalue weighted by Gasteiger charge is 2.23. The van der Waals surface area contributed by atoms with E-state index in [1.54, 1.807) is 4.90 Å². The van der Waals surface area contributed by atoms with E-state index in [0.29, 0.717) is 6.42 Å². The number of carbonyl (C=O) groups excluding carboxylic acids is 2. The maximum atomic E-state index is 12.2. The van der Waals surface area contributed by atoms with Crippen LogP contribution in [-0.2, 0) is 9.59 Å². The first kappa shape index (κ1) is 14.1. The van der Waals surface area contributed by atoms with E-state index in [1.165, 1.54) is 0 Å². The van der Waals surface area contributed by atoms with Crippen LogP contribution in [0.2, 0.25) is 0 Å². The number of benzene rings is 1. The topological polar surface area (TPSA) is 61.4 Å². The highest BCUT2D eigenvalue weighted by Crippen LogP contribution is 2.24. The van der Waals surface area contributed by atoms with Crippen molar-refractivity contribution >= 4 is 23.2 Å². The van der Waals surface area contributed by atoms with E-state index in [0.717, 1.165) is 50.3 Å². The summed E-state index contributed by atoms with van der Waals surface area (Å²) >= 11 is 0. The standard InChI is InChI=1S/C16H21N3O2/c20-15-7-3-9-19(15)14-6-1-5-13(10-14)18-16(21)12-4-2-8-17-11-12/h1,5-6,10,12,17H,2-4,7-9,11H2,(H,18,21). The summed E-state index contributed by atoms with van der Waals surface area (Å²) in [6.45, 7) is 2.51. The fraction of sp³-hybridized carbons (Fsp3) is 0.500.